The second kappa shape index (κ2) is 22.4. The van der Waals surface area contributed by atoms with E-state index in [4.69, 9.17) is 18.1 Å². The Balaban J connectivity index is 1.37. The molecule has 0 atom stereocenters. The largest absolute Gasteiger partial charge is 0.435 e. The normalized spacial score (nSPS) is 12.6. The quantitative estimate of drug-likeness (QED) is 0.0854. The molecule has 0 aliphatic carbocycles. The van der Waals surface area contributed by atoms with Crippen LogP contribution in [-0.2, 0) is 47.3 Å². The van der Waals surface area contributed by atoms with Crippen LogP contribution in [0.4, 0.5) is 0 Å². The highest BCUT2D eigenvalue weighted by atomic mass is 31.2. The Labute approximate surface area is 427 Å². The molecule has 0 radical (unpaired) electrons. The molecule has 0 saturated carbocycles. The Hall–Kier alpha value is -4.62. The maximum atomic E-state index is 7.17. The second-order valence-corrected chi connectivity index (χ2v) is 27.0. The van der Waals surface area contributed by atoms with E-state index in [1.165, 1.54) is 44.5 Å². The average molecular weight is 979 g/mol. The molecule has 70 heavy (non-hydrogen) atoms. The van der Waals surface area contributed by atoms with E-state index in [1.54, 1.807) is 0 Å². The van der Waals surface area contributed by atoms with E-state index < -0.39 is 16.8 Å². The first kappa shape index (κ1) is 54.7. The van der Waals surface area contributed by atoms with Crippen LogP contribution in [0.25, 0.3) is 11.1 Å². The molecule has 0 amide bonds. The van der Waals surface area contributed by atoms with Crippen molar-refractivity contribution in [3.63, 3.8) is 0 Å². The molecule has 6 aromatic carbocycles. The predicted molar refractivity (Wildman–Crippen MR) is 304 cm³/mol. The van der Waals surface area contributed by atoms with Gasteiger partial charge in [0.1, 0.15) is 23.0 Å². The molecule has 0 spiro atoms. The Kier molecular flexibility index (Phi) is 17.5. The lowest BCUT2D eigenvalue weighted by Crippen LogP contribution is -2.18. The lowest BCUT2D eigenvalue weighted by atomic mass is 9.84. The van der Waals surface area contributed by atoms with Gasteiger partial charge in [-0.05, 0) is 152 Å². The van der Waals surface area contributed by atoms with Gasteiger partial charge < -0.3 is 18.1 Å². The molecule has 0 N–H and O–H groups in total. The number of benzene rings is 6. The lowest BCUT2D eigenvalue weighted by molar-refractivity contribution is 0.468. The molecule has 0 saturated heterocycles. The molecule has 6 rings (SSSR count). The molecule has 0 unspecified atom stereocenters. The summed E-state index contributed by atoms with van der Waals surface area (Å²) < 4.78 is 28.3. The van der Waals surface area contributed by atoms with E-state index >= 15 is 0 Å². The van der Waals surface area contributed by atoms with Gasteiger partial charge >= 0.3 is 16.8 Å². The highest BCUT2D eigenvalue weighted by Gasteiger charge is 2.29. The van der Waals surface area contributed by atoms with Crippen LogP contribution in [0.15, 0.2) is 121 Å². The summed E-state index contributed by atoms with van der Waals surface area (Å²) in [5.41, 5.74) is 12.0. The van der Waals surface area contributed by atoms with Crippen LogP contribution in [0.1, 0.15) is 169 Å². The smallest absolute Gasteiger partial charge is 0.326 e. The number of rotatable bonds is 17. The van der Waals surface area contributed by atoms with Crippen LogP contribution in [0, 0.1) is 11.8 Å². The van der Waals surface area contributed by atoms with Gasteiger partial charge in [0.15, 0.2) is 0 Å². The molecular weight excluding hydrogens is 895 g/mol. The predicted octanol–water partition coefficient (Wildman–Crippen LogP) is 18.3. The summed E-state index contributed by atoms with van der Waals surface area (Å²) in [6, 6.07) is 44.2. The Morgan fingerprint density at radius 2 is 0.686 bits per heavy atom. The van der Waals surface area contributed by atoms with Crippen LogP contribution in [-0.4, -0.2) is 0 Å². The summed E-state index contributed by atoms with van der Waals surface area (Å²) >= 11 is 0. The lowest BCUT2D eigenvalue weighted by Gasteiger charge is -2.29. The third-order valence-corrected chi connectivity index (χ3v) is 15.7. The third-order valence-electron chi connectivity index (χ3n) is 12.8. The van der Waals surface area contributed by atoms with Crippen LogP contribution >= 0.6 is 16.8 Å². The van der Waals surface area contributed by atoms with Gasteiger partial charge in [-0.15, -0.1) is 0 Å². The van der Waals surface area contributed by atoms with Gasteiger partial charge in [-0.1, -0.05) is 197 Å². The molecule has 0 aliphatic rings. The van der Waals surface area contributed by atoms with Crippen LogP contribution in [0.2, 0.25) is 0 Å². The maximum absolute atomic E-state index is 7.17. The van der Waals surface area contributed by atoms with Gasteiger partial charge in [-0.2, -0.15) is 0 Å². The minimum Gasteiger partial charge on any atom is -0.435 e. The van der Waals surface area contributed by atoms with Gasteiger partial charge in [0.05, 0.1) is 10.6 Å². The van der Waals surface area contributed by atoms with Crippen molar-refractivity contribution in [2.45, 2.75) is 172 Å². The summed E-state index contributed by atoms with van der Waals surface area (Å²) in [6.45, 7) is 40.6. The first-order chi connectivity index (χ1) is 32.7. The summed E-state index contributed by atoms with van der Waals surface area (Å²) in [5, 5.41) is 2.01. The SMILES string of the molecule is CCc1cc(C(C)(C)C)ccc1OP(Oc1ccc(C(C)(C)C)cc1CC)c1ccc(-c2ccc(P(Oc3ccc(CC(C)C)cc3C(C)(C)C)Oc3ccc(CC(C)C)cc3C(C)(C)C)cc2)cc1. The first-order valence-electron chi connectivity index (χ1n) is 25.8. The van der Waals surface area contributed by atoms with E-state index in [0.717, 1.165) is 70.4 Å². The monoisotopic (exact) mass is 979 g/mol. The molecule has 0 aromatic heterocycles. The van der Waals surface area contributed by atoms with Gasteiger partial charge in [0.25, 0.3) is 0 Å². The minimum absolute atomic E-state index is 0.0365. The van der Waals surface area contributed by atoms with Crippen molar-refractivity contribution in [1.29, 1.82) is 0 Å². The number of hydrogen-bond acceptors (Lipinski definition) is 4. The summed E-state index contributed by atoms with van der Waals surface area (Å²) in [5.74, 6) is 4.59. The zero-order chi connectivity index (χ0) is 51.3. The van der Waals surface area contributed by atoms with E-state index in [-0.39, 0.29) is 21.7 Å². The van der Waals surface area contributed by atoms with E-state index in [1.807, 2.05) is 0 Å². The Morgan fingerprint density at radius 1 is 0.371 bits per heavy atom. The molecule has 0 fully saturated rings. The van der Waals surface area contributed by atoms with Crippen molar-refractivity contribution in [1.82, 2.24) is 0 Å². The van der Waals surface area contributed by atoms with Crippen molar-refractivity contribution in [3.8, 4) is 34.1 Å². The van der Waals surface area contributed by atoms with Gasteiger partial charge in [0, 0.05) is 11.1 Å². The maximum Gasteiger partial charge on any atom is 0.326 e. The summed E-state index contributed by atoms with van der Waals surface area (Å²) in [6.07, 6.45) is 3.77. The molecule has 0 aliphatic heterocycles. The van der Waals surface area contributed by atoms with E-state index in [2.05, 4.69) is 246 Å². The highest BCUT2D eigenvalue weighted by molar-refractivity contribution is 7.57. The van der Waals surface area contributed by atoms with Crippen LogP contribution < -0.4 is 28.7 Å². The zero-order valence-electron chi connectivity index (χ0n) is 46.1. The van der Waals surface area contributed by atoms with Crippen molar-refractivity contribution >= 4 is 27.4 Å². The molecule has 374 valence electrons. The number of hydrogen-bond donors (Lipinski definition) is 0. The summed E-state index contributed by atoms with van der Waals surface area (Å²) in [7, 11) is -3.13. The van der Waals surface area contributed by atoms with Crippen LogP contribution in [0.5, 0.6) is 23.0 Å². The molecule has 0 heterocycles. The van der Waals surface area contributed by atoms with Gasteiger partial charge in [-0.3, -0.25) is 0 Å². The average Bonchev–Trinajstić information content (AvgIpc) is 3.28. The molecular formula is C64H84O4P2. The third kappa shape index (κ3) is 14.3. The van der Waals surface area contributed by atoms with Crippen molar-refractivity contribution in [3.05, 3.63) is 166 Å². The molecule has 6 aromatic rings. The van der Waals surface area contributed by atoms with E-state index in [0.29, 0.717) is 11.8 Å². The van der Waals surface area contributed by atoms with Crippen LogP contribution in [0.3, 0.4) is 0 Å². The minimum atomic E-state index is -1.59. The fourth-order valence-corrected chi connectivity index (χ4v) is 11.3. The highest BCUT2D eigenvalue weighted by Crippen LogP contribution is 2.48. The van der Waals surface area contributed by atoms with Crippen molar-refractivity contribution < 1.29 is 18.1 Å². The fourth-order valence-electron chi connectivity index (χ4n) is 8.66. The standard InChI is InChI=1S/C64H84O4P2/c1-19-47-41-51(61(7,8)9)27-35-57(47)65-69(66-58-36-28-52(62(10,11)12)42-48(58)20-2)53-29-23-49(24-30-53)50-25-31-54(32-26-50)70(67-59-33-21-45(37-43(3)4)39-55(59)63(13,14)15)68-60-34-22-46(38-44(5)6)40-56(60)64(16,17)18/h21-36,39-44H,19-20,37-38H2,1-18H3. The van der Waals surface area contributed by atoms with Gasteiger partial charge in [0.2, 0.25) is 0 Å². The fraction of sp³-hybridized carbons (Fsp3) is 0.438. The van der Waals surface area contributed by atoms with Gasteiger partial charge in [-0.25, -0.2) is 0 Å². The molecule has 0 bridgehead atoms. The summed E-state index contributed by atoms with van der Waals surface area (Å²) in [4.78, 5) is 0. The number of aryl methyl sites for hydroxylation is 2. The topological polar surface area (TPSA) is 36.9 Å². The van der Waals surface area contributed by atoms with Crippen molar-refractivity contribution in [2.24, 2.45) is 11.8 Å². The van der Waals surface area contributed by atoms with E-state index in [9.17, 15) is 0 Å². The zero-order valence-corrected chi connectivity index (χ0v) is 47.8. The molecule has 4 nitrogen and oxygen atoms in total. The van der Waals surface area contributed by atoms with Crippen molar-refractivity contribution in [2.75, 3.05) is 0 Å². The first-order valence-corrected chi connectivity index (χ1v) is 28.1. The second-order valence-electron chi connectivity index (χ2n) is 24.2. The molecule has 6 heteroatoms. The Bertz CT molecular complexity index is 2530. The Morgan fingerprint density at radius 3 is 0.971 bits per heavy atom.